The van der Waals surface area contributed by atoms with E-state index in [4.69, 9.17) is 9.47 Å². The maximum absolute atomic E-state index is 11.6. The number of benzene rings is 1. The summed E-state index contributed by atoms with van der Waals surface area (Å²) in [7, 11) is 0. The minimum atomic E-state index is -0.608. The summed E-state index contributed by atoms with van der Waals surface area (Å²) in [6.45, 7) is 4.60. The summed E-state index contributed by atoms with van der Waals surface area (Å²) in [5.74, 6) is -0.214. The number of hydrogen-bond donors (Lipinski definition) is 1. The Morgan fingerprint density at radius 2 is 2.17 bits per heavy atom. The third-order valence-electron chi connectivity index (χ3n) is 2.78. The quantitative estimate of drug-likeness (QED) is 0.304. The summed E-state index contributed by atoms with van der Waals surface area (Å²) in [6.07, 6.45) is 1.28. The molecular formula is C15H20N2O6. The highest BCUT2D eigenvalue weighted by atomic mass is 16.6. The highest BCUT2D eigenvalue weighted by Crippen LogP contribution is 2.22. The fourth-order valence-corrected chi connectivity index (χ4v) is 1.69. The van der Waals surface area contributed by atoms with Gasteiger partial charge in [-0.3, -0.25) is 19.7 Å². The van der Waals surface area contributed by atoms with Crippen LogP contribution in [0.25, 0.3) is 0 Å². The van der Waals surface area contributed by atoms with E-state index in [-0.39, 0.29) is 35.6 Å². The molecule has 126 valence electrons. The van der Waals surface area contributed by atoms with Crippen LogP contribution in [0.4, 0.5) is 5.69 Å². The number of ether oxygens (including phenoxy) is 2. The molecule has 8 heteroatoms. The fraction of sp³-hybridized carbons (Fsp3) is 0.467. The van der Waals surface area contributed by atoms with Gasteiger partial charge in [-0.1, -0.05) is 0 Å². The second-order valence-electron chi connectivity index (χ2n) is 5.01. The zero-order chi connectivity index (χ0) is 17.2. The lowest BCUT2D eigenvalue weighted by molar-refractivity contribution is -0.384. The Bertz CT molecular complexity index is 559. The van der Waals surface area contributed by atoms with E-state index in [9.17, 15) is 19.7 Å². The van der Waals surface area contributed by atoms with Crippen LogP contribution in [0.2, 0.25) is 0 Å². The molecule has 0 radical (unpaired) electrons. The van der Waals surface area contributed by atoms with Gasteiger partial charge in [0.15, 0.2) is 12.9 Å². The maximum Gasteiger partial charge on any atom is 0.270 e. The van der Waals surface area contributed by atoms with Crippen LogP contribution in [0.1, 0.15) is 30.6 Å². The van der Waals surface area contributed by atoms with Crippen molar-refractivity contribution in [3.63, 3.8) is 0 Å². The van der Waals surface area contributed by atoms with Gasteiger partial charge in [0.2, 0.25) is 0 Å². The molecule has 0 aromatic heterocycles. The number of nitro groups is 1. The van der Waals surface area contributed by atoms with E-state index in [0.717, 1.165) is 6.07 Å². The first-order chi connectivity index (χ1) is 10.9. The number of amides is 1. The first kappa shape index (κ1) is 18.6. The van der Waals surface area contributed by atoms with Crippen LogP contribution in [-0.4, -0.2) is 43.0 Å². The zero-order valence-electron chi connectivity index (χ0n) is 13.1. The number of non-ortho nitro benzene ring substituents is 1. The van der Waals surface area contributed by atoms with Gasteiger partial charge >= 0.3 is 0 Å². The number of aldehydes is 1. The highest BCUT2D eigenvalue weighted by molar-refractivity contribution is 5.81. The van der Waals surface area contributed by atoms with Crippen LogP contribution in [0.3, 0.4) is 0 Å². The smallest absolute Gasteiger partial charge is 0.270 e. The average Bonchev–Trinajstić information content (AvgIpc) is 2.51. The highest BCUT2D eigenvalue weighted by Gasteiger charge is 2.12. The third kappa shape index (κ3) is 6.88. The molecule has 8 nitrogen and oxygen atoms in total. The van der Waals surface area contributed by atoms with Crippen molar-refractivity contribution in [1.29, 1.82) is 0 Å². The Labute approximate surface area is 133 Å². The van der Waals surface area contributed by atoms with Crippen LogP contribution >= 0.6 is 0 Å². The molecule has 0 aliphatic carbocycles. The van der Waals surface area contributed by atoms with Gasteiger partial charge in [0, 0.05) is 25.3 Å². The molecule has 0 heterocycles. The minimum absolute atomic E-state index is 0.0253. The molecule has 23 heavy (non-hydrogen) atoms. The van der Waals surface area contributed by atoms with Crippen LogP contribution < -0.4 is 10.1 Å². The Morgan fingerprint density at radius 3 is 2.78 bits per heavy atom. The first-order valence-corrected chi connectivity index (χ1v) is 7.18. The number of nitro benzene ring substituents is 1. The largest absolute Gasteiger partial charge is 0.483 e. The van der Waals surface area contributed by atoms with Gasteiger partial charge in [-0.15, -0.1) is 0 Å². The molecule has 0 saturated carbocycles. The number of hydrogen-bond acceptors (Lipinski definition) is 6. The van der Waals surface area contributed by atoms with E-state index in [2.05, 4.69) is 5.32 Å². The minimum Gasteiger partial charge on any atom is -0.483 e. The number of carbonyl (C=O) groups excluding carboxylic acids is 2. The molecular weight excluding hydrogens is 304 g/mol. The third-order valence-corrected chi connectivity index (χ3v) is 2.78. The van der Waals surface area contributed by atoms with Gasteiger partial charge < -0.3 is 14.8 Å². The average molecular weight is 324 g/mol. The van der Waals surface area contributed by atoms with Crippen molar-refractivity contribution < 1.29 is 24.0 Å². The van der Waals surface area contributed by atoms with Crippen LogP contribution in [0.5, 0.6) is 5.75 Å². The van der Waals surface area contributed by atoms with Crippen molar-refractivity contribution >= 4 is 17.9 Å². The molecule has 1 amide bonds. The SMILES string of the molecule is CC(C)OCCCNC(=O)COc1ccc([N+](=O)[O-])cc1C=O. The lowest BCUT2D eigenvalue weighted by atomic mass is 10.2. The lowest BCUT2D eigenvalue weighted by Crippen LogP contribution is -2.30. The molecule has 1 rings (SSSR count). The van der Waals surface area contributed by atoms with Gasteiger partial charge in [0.1, 0.15) is 5.75 Å². The monoisotopic (exact) mass is 324 g/mol. The van der Waals surface area contributed by atoms with Crippen LogP contribution in [0, 0.1) is 10.1 Å². The van der Waals surface area contributed by atoms with E-state index in [1.165, 1.54) is 12.1 Å². The summed E-state index contributed by atoms with van der Waals surface area (Å²) in [5.41, 5.74) is -0.189. The van der Waals surface area contributed by atoms with Gasteiger partial charge in [0.05, 0.1) is 16.6 Å². The second-order valence-corrected chi connectivity index (χ2v) is 5.01. The summed E-state index contributed by atoms with van der Waals surface area (Å²) in [5, 5.41) is 13.3. The summed E-state index contributed by atoms with van der Waals surface area (Å²) >= 11 is 0. The van der Waals surface area contributed by atoms with E-state index in [1.54, 1.807) is 0 Å². The predicted octanol–water partition coefficient (Wildman–Crippen LogP) is 1.72. The van der Waals surface area contributed by atoms with Crippen LogP contribution in [0.15, 0.2) is 18.2 Å². The number of nitrogens with zero attached hydrogens (tertiary/aromatic N) is 1. The van der Waals surface area contributed by atoms with Crippen molar-refractivity contribution in [2.24, 2.45) is 0 Å². The lowest BCUT2D eigenvalue weighted by Gasteiger charge is -2.10. The molecule has 0 atom stereocenters. The number of carbonyl (C=O) groups is 2. The molecule has 1 aromatic rings. The van der Waals surface area contributed by atoms with Crippen molar-refractivity contribution in [2.75, 3.05) is 19.8 Å². The van der Waals surface area contributed by atoms with Crippen molar-refractivity contribution in [1.82, 2.24) is 5.32 Å². The number of rotatable bonds is 10. The molecule has 0 aliphatic rings. The maximum atomic E-state index is 11.6. The molecule has 0 unspecified atom stereocenters. The Kier molecular flexibility index (Phi) is 7.69. The molecule has 0 fully saturated rings. The van der Waals surface area contributed by atoms with E-state index in [1.807, 2.05) is 13.8 Å². The fourth-order valence-electron chi connectivity index (χ4n) is 1.69. The molecule has 0 aliphatic heterocycles. The van der Waals surface area contributed by atoms with E-state index < -0.39 is 4.92 Å². The normalized spacial score (nSPS) is 10.4. The topological polar surface area (TPSA) is 108 Å². The standard InChI is InChI=1S/C15H20N2O6/c1-11(2)22-7-3-6-16-15(19)10-23-14-5-4-13(17(20)21)8-12(14)9-18/h4-5,8-9,11H,3,6-7,10H2,1-2H3,(H,16,19). The van der Waals surface area contributed by atoms with E-state index in [0.29, 0.717) is 25.9 Å². The second kappa shape index (κ2) is 9.52. The summed E-state index contributed by atoms with van der Waals surface area (Å²) in [6, 6.07) is 3.61. The van der Waals surface area contributed by atoms with Gasteiger partial charge in [0.25, 0.3) is 11.6 Å². The molecule has 1 aromatic carbocycles. The Hall–Kier alpha value is -2.48. The molecule has 0 saturated heterocycles. The van der Waals surface area contributed by atoms with E-state index >= 15 is 0 Å². The first-order valence-electron chi connectivity index (χ1n) is 7.18. The Morgan fingerprint density at radius 1 is 1.43 bits per heavy atom. The summed E-state index contributed by atoms with van der Waals surface area (Å²) in [4.78, 5) is 32.6. The van der Waals surface area contributed by atoms with Crippen molar-refractivity contribution in [3.8, 4) is 5.75 Å². The van der Waals surface area contributed by atoms with Gasteiger partial charge in [-0.2, -0.15) is 0 Å². The number of nitrogens with one attached hydrogen (secondary N) is 1. The molecule has 0 bridgehead atoms. The van der Waals surface area contributed by atoms with Crippen molar-refractivity contribution in [2.45, 2.75) is 26.4 Å². The molecule has 0 spiro atoms. The predicted molar refractivity (Wildman–Crippen MR) is 82.7 cm³/mol. The van der Waals surface area contributed by atoms with Crippen LogP contribution in [-0.2, 0) is 9.53 Å². The van der Waals surface area contributed by atoms with Gasteiger partial charge in [-0.25, -0.2) is 0 Å². The van der Waals surface area contributed by atoms with Crippen molar-refractivity contribution in [3.05, 3.63) is 33.9 Å². The Balaban J connectivity index is 2.41. The molecule has 1 N–H and O–H groups in total. The zero-order valence-corrected chi connectivity index (χ0v) is 13.1. The summed E-state index contributed by atoms with van der Waals surface area (Å²) < 4.78 is 10.6. The van der Waals surface area contributed by atoms with Gasteiger partial charge in [-0.05, 0) is 26.3 Å².